The largest absolute Gasteiger partial charge is 0.493 e. The Morgan fingerprint density at radius 1 is 1.25 bits per heavy atom. The number of primary amides is 1. The Bertz CT molecular complexity index is 942. The molecule has 0 spiro atoms. The molecule has 0 unspecified atom stereocenters. The topological polar surface area (TPSA) is 146 Å². The summed E-state index contributed by atoms with van der Waals surface area (Å²) in [5, 5.41) is 14.8. The zero-order valence-electron chi connectivity index (χ0n) is 15.2. The normalized spacial score (nSPS) is 10.5. The van der Waals surface area contributed by atoms with Crippen molar-refractivity contribution in [3.05, 3.63) is 63.2 Å². The van der Waals surface area contributed by atoms with Crippen LogP contribution in [0.25, 0.3) is 0 Å². The summed E-state index contributed by atoms with van der Waals surface area (Å²) in [6.07, 6.45) is 1.36. The lowest BCUT2D eigenvalue weighted by atomic mass is 10.1. The van der Waals surface area contributed by atoms with Crippen LogP contribution in [0.15, 0.2) is 41.5 Å². The molecule has 0 heterocycles. The van der Waals surface area contributed by atoms with Gasteiger partial charge in [-0.1, -0.05) is 6.07 Å². The molecule has 0 aliphatic carbocycles. The van der Waals surface area contributed by atoms with Gasteiger partial charge in [0, 0.05) is 17.2 Å². The Balaban J connectivity index is 2.08. The molecular formula is C18H18N4O6. The van der Waals surface area contributed by atoms with Gasteiger partial charge in [0.25, 0.3) is 17.5 Å². The third kappa shape index (κ3) is 5.27. The van der Waals surface area contributed by atoms with Crippen LogP contribution in [0, 0.1) is 17.0 Å². The highest BCUT2D eigenvalue weighted by Gasteiger charge is 2.14. The van der Waals surface area contributed by atoms with E-state index >= 15 is 0 Å². The third-order valence-corrected chi connectivity index (χ3v) is 3.61. The number of nitro groups is 1. The number of carbonyl (C=O) groups is 2. The van der Waals surface area contributed by atoms with E-state index < -0.39 is 16.7 Å². The van der Waals surface area contributed by atoms with Crippen molar-refractivity contribution in [2.24, 2.45) is 10.8 Å². The number of rotatable bonds is 8. The van der Waals surface area contributed by atoms with E-state index in [1.54, 1.807) is 25.1 Å². The molecule has 0 fully saturated rings. The molecule has 0 aromatic heterocycles. The molecule has 10 heteroatoms. The first kappa shape index (κ1) is 20.4. The van der Waals surface area contributed by atoms with Gasteiger partial charge < -0.3 is 15.2 Å². The molecule has 2 aromatic rings. The highest BCUT2D eigenvalue weighted by atomic mass is 16.6. The predicted octanol–water partition coefficient (Wildman–Crippen LogP) is 1.54. The Hall–Kier alpha value is -3.95. The molecule has 0 saturated carbocycles. The molecule has 2 amide bonds. The summed E-state index contributed by atoms with van der Waals surface area (Å²) < 4.78 is 10.4. The van der Waals surface area contributed by atoms with Gasteiger partial charge in [0.05, 0.1) is 18.2 Å². The molecule has 0 radical (unpaired) electrons. The zero-order chi connectivity index (χ0) is 20.7. The van der Waals surface area contributed by atoms with Gasteiger partial charge in [0.2, 0.25) is 0 Å². The zero-order valence-corrected chi connectivity index (χ0v) is 15.2. The lowest BCUT2D eigenvalue weighted by molar-refractivity contribution is -0.385. The Labute approximate surface area is 160 Å². The minimum absolute atomic E-state index is 0.113. The number of nitrogens with one attached hydrogen (secondary N) is 1. The van der Waals surface area contributed by atoms with Crippen LogP contribution < -0.4 is 20.6 Å². The van der Waals surface area contributed by atoms with Crippen LogP contribution in [0.5, 0.6) is 11.5 Å². The van der Waals surface area contributed by atoms with Crippen LogP contribution >= 0.6 is 0 Å². The molecule has 0 aliphatic heterocycles. The van der Waals surface area contributed by atoms with Crippen LogP contribution in [0.3, 0.4) is 0 Å². The molecule has 10 nitrogen and oxygen atoms in total. The smallest absolute Gasteiger partial charge is 0.273 e. The molecule has 146 valence electrons. The first-order valence-electron chi connectivity index (χ1n) is 7.99. The summed E-state index contributed by atoms with van der Waals surface area (Å²) in [5.74, 6) is -0.528. The lowest BCUT2D eigenvalue weighted by Crippen LogP contribution is -2.20. The summed E-state index contributed by atoms with van der Waals surface area (Å²) in [4.78, 5) is 33.3. The standard InChI is InChI=1S/C18H18N4O6/c1-11-3-5-13(8-14(11)22(25)26)18(24)21-20-9-12-4-6-15(16(7-12)27-2)28-10-17(19)23/h3-9H,10H2,1-2H3,(H2,19,23)(H,21,24)/b20-9+. The third-order valence-electron chi connectivity index (χ3n) is 3.61. The van der Waals surface area contributed by atoms with Gasteiger partial charge in [0.1, 0.15) is 0 Å². The fourth-order valence-electron chi connectivity index (χ4n) is 2.21. The Morgan fingerprint density at radius 3 is 2.64 bits per heavy atom. The van der Waals surface area contributed by atoms with E-state index in [4.69, 9.17) is 15.2 Å². The van der Waals surface area contributed by atoms with Crippen molar-refractivity contribution in [1.29, 1.82) is 0 Å². The summed E-state index contributed by atoms with van der Waals surface area (Å²) in [5.41, 5.74) is 8.34. The first-order chi connectivity index (χ1) is 13.3. The first-order valence-corrected chi connectivity index (χ1v) is 7.99. The number of carbonyl (C=O) groups excluding carboxylic acids is 2. The molecule has 3 N–H and O–H groups in total. The number of nitrogens with two attached hydrogens (primary N) is 1. The van der Waals surface area contributed by atoms with E-state index in [-0.39, 0.29) is 17.9 Å². The highest BCUT2D eigenvalue weighted by Crippen LogP contribution is 2.27. The number of hydrogen-bond donors (Lipinski definition) is 2. The van der Waals surface area contributed by atoms with E-state index in [1.807, 2.05) is 0 Å². The van der Waals surface area contributed by atoms with E-state index in [9.17, 15) is 19.7 Å². The maximum absolute atomic E-state index is 12.1. The number of hydrogen-bond acceptors (Lipinski definition) is 7. The molecule has 2 rings (SSSR count). The van der Waals surface area contributed by atoms with Gasteiger partial charge in [-0.25, -0.2) is 5.43 Å². The number of amides is 2. The van der Waals surface area contributed by atoms with Gasteiger partial charge in [-0.05, 0) is 36.8 Å². The van der Waals surface area contributed by atoms with Gasteiger partial charge in [-0.15, -0.1) is 0 Å². The molecule has 28 heavy (non-hydrogen) atoms. The maximum Gasteiger partial charge on any atom is 0.273 e. The van der Waals surface area contributed by atoms with Crippen molar-refractivity contribution >= 4 is 23.7 Å². The van der Waals surface area contributed by atoms with Gasteiger partial charge in [-0.3, -0.25) is 19.7 Å². The monoisotopic (exact) mass is 386 g/mol. The van der Waals surface area contributed by atoms with Crippen molar-refractivity contribution in [2.75, 3.05) is 13.7 Å². The van der Waals surface area contributed by atoms with E-state index in [2.05, 4.69) is 10.5 Å². The molecule has 0 bridgehead atoms. The fourth-order valence-corrected chi connectivity index (χ4v) is 2.21. The van der Waals surface area contributed by atoms with Crippen LogP contribution in [0.4, 0.5) is 5.69 Å². The van der Waals surface area contributed by atoms with E-state index in [1.165, 1.54) is 31.5 Å². The van der Waals surface area contributed by atoms with Crippen molar-refractivity contribution in [2.45, 2.75) is 6.92 Å². The van der Waals surface area contributed by atoms with E-state index in [0.29, 0.717) is 22.6 Å². The molecule has 0 atom stereocenters. The summed E-state index contributed by atoms with van der Waals surface area (Å²) >= 11 is 0. The summed E-state index contributed by atoms with van der Waals surface area (Å²) in [7, 11) is 1.43. The van der Waals surface area contributed by atoms with Crippen LogP contribution in [0.1, 0.15) is 21.5 Å². The second kappa shape index (κ2) is 9.12. The van der Waals surface area contributed by atoms with Gasteiger partial charge in [0.15, 0.2) is 18.1 Å². The average Bonchev–Trinajstić information content (AvgIpc) is 2.66. The average molecular weight is 386 g/mol. The van der Waals surface area contributed by atoms with Crippen molar-refractivity contribution in [3.63, 3.8) is 0 Å². The maximum atomic E-state index is 12.1. The molecular weight excluding hydrogens is 368 g/mol. The number of benzene rings is 2. The molecule has 0 saturated heterocycles. The van der Waals surface area contributed by atoms with Crippen molar-refractivity contribution in [3.8, 4) is 11.5 Å². The number of nitrogens with zero attached hydrogens (tertiary/aromatic N) is 2. The van der Waals surface area contributed by atoms with E-state index in [0.717, 1.165) is 0 Å². The van der Waals surface area contributed by atoms with Crippen molar-refractivity contribution in [1.82, 2.24) is 5.43 Å². The summed E-state index contributed by atoms with van der Waals surface area (Å²) in [6.45, 7) is 1.30. The Morgan fingerprint density at radius 2 is 2.00 bits per heavy atom. The van der Waals surface area contributed by atoms with Crippen LogP contribution in [-0.2, 0) is 4.79 Å². The number of ether oxygens (including phenoxy) is 2. The minimum atomic E-state index is -0.619. The molecule has 0 aliphatic rings. The fraction of sp³-hybridized carbons (Fsp3) is 0.167. The highest BCUT2D eigenvalue weighted by molar-refractivity contribution is 5.95. The number of methoxy groups -OCH3 is 1. The van der Waals surface area contributed by atoms with Crippen LogP contribution in [-0.4, -0.2) is 36.7 Å². The Kier molecular flexibility index (Phi) is 6.63. The van der Waals surface area contributed by atoms with Gasteiger partial charge in [-0.2, -0.15) is 5.10 Å². The second-order valence-corrected chi connectivity index (χ2v) is 5.62. The summed E-state index contributed by atoms with van der Waals surface area (Å²) in [6, 6.07) is 8.93. The quantitative estimate of drug-likeness (QED) is 0.400. The van der Waals surface area contributed by atoms with Crippen molar-refractivity contribution < 1.29 is 24.0 Å². The predicted molar refractivity (Wildman–Crippen MR) is 101 cm³/mol. The second-order valence-electron chi connectivity index (χ2n) is 5.62. The number of aryl methyl sites for hydroxylation is 1. The SMILES string of the molecule is COc1cc(/C=N/NC(=O)c2ccc(C)c([N+](=O)[O-])c2)ccc1OCC(N)=O. The van der Waals surface area contributed by atoms with Gasteiger partial charge >= 0.3 is 0 Å². The van der Waals surface area contributed by atoms with Crippen LogP contribution in [0.2, 0.25) is 0 Å². The lowest BCUT2D eigenvalue weighted by Gasteiger charge is -2.09. The number of hydrazone groups is 1. The number of nitro benzene ring substituents is 1. The molecule has 2 aromatic carbocycles. The minimum Gasteiger partial charge on any atom is -0.493 e.